The zero-order chi connectivity index (χ0) is 16.3. The predicted molar refractivity (Wildman–Crippen MR) is 78.5 cm³/mol. The van der Waals surface area contributed by atoms with Crippen LogP contribution in [0.1, 0.15) is 5.76 Å². The monoisotopic (exact) mass is 327 g/mol. The molecule has 0 unspecified atom stereocenters. The number of carbonyl (C=O) groups is 1. The third-order valence-electron chi connectivity index (χ3n) is 2.69. The van der Waals surface area contributed by atoms with E-state index in [1.807, 2.05) is 0 Å². The highest BCUT2D eigenvalue weighted by Gasteiger charge is 2.23. The average molecular weight is 327 g/mol. The van der Waals surface area contributed by atoms with Crippen molar-refractivity contribution >= 4 is 27.4 Å². The molecule has 1 N–H and O–H groups in total. The number of aromatic nitrogens is 1. The molecule has 22 heavy (non-hydrogen) atoms. The van der Waals surface area contributed by atoms with E-state index in [9.17, 15) is 17.6 Å². The van der Waals surface area contributed by atoms with E-state index in [1.54, 1.807) is 6.92 Å². The number of benzene rings is 1. The Hall–Kier alpha value is -2.42. The third kappa shape index (κ3) is 4.04. The zero-order valence-electron chi connectivity index (χ0n) is 11.9. The van der Waals surface area contributed by atoms with Crippen LogP contribution in [-0.4, -0.2) is 32.3 Å². The number of sulfonamides is 1. The summed E-state index contributed by atoms with van der Waals surface area (Å²) in [6.45, 7) is 1.14. The maximum absolute atomic E-state index is 12.8. The second-order valence-electron chi connectivity index (χ2n) is 4.62. The average Bonchev–Trinajstić information content (AvgIpc) is 2.84. The van der Waals surface area contributed by atoms with Crippen LogP contribution in [0.25, 0.3) is 0 Å². The summed E-state index contributed by atoms with van der Waals surface area (Å²) in [6, 6.07) is 6.53. The van der Waals surface area contributed by atoms with Gasteiger partial charge in [0.05, 0.1) is 6.26 Å². The first kappa shape index (κ1) is 16.0. The van der Waals surface area contributed by atoms with Gasteiger partial charge < -0.3 is 9.84 Å². The van der Waals surface area contributed by atoms with Crippen LogP contribution in [0.15, 0.2) is 34.9 Å². The first-order valence-corrected chi connectivity index (χ1v) is 8.07. The molecule has 118 valence electrons. The minimum absolute atomic E-state index is 0.0225. The number of halogens is 1. The van der Waals surface area contributed by atoms with Gasteiger partial charge in [0, 0.05) is 11.8 Å². The van der Waals surface area contributed by atoms with E-state index in [4.69, 9.17) is 4.52 Å². The van der Waals surface area contributed by atoms with Gasteiger partial charge in [-0.15, -0.1) is 0 Å². The smallest absolute Gasteiger partial charge is 0.245 e. The number of anilines is 2. The lowest BCUT2D eigenvalue weighted by Crippen LogP contribution is -2.37. The number of amides is 1. The fraction of sp³-hybridized carbons (Fsp3) is 0.231. The zero-order valence-corrected chi connectivity index (χ0v) is 12.7. The van der Waals surface area contributed by atoms with Gasteiger partial charge in [0.1, 0.15) is 18.1 Å². The van der Waals surface area contributed by atoms with E-state index < -0.39 is 28.3 Å². The highest BCUT2D eigenvalue weighted by molar-refractivity contribution is 7.92. The van der Waals surface area contributed by atoms with Crippen LogP contribution in [0.5, 0.6) is 0 Å². The molecule has 0 saturated heterocycles. The normalized spacial score (nSPS) is 11.2. The molecule has 2 aromatic rings. The first-order chi connectivity index (χ1) is 10.3. The maximum atomic E-state index is 12.8. The number of nitrogens with zero attached hydrogens (tertiary/aromatic N) is 2. The number of hydrogen-bond donors (Lipinski definition) is 1. The van der Waals surface area contributed by atoms with Crippen molar-refractivity contribution < 1.29 is 22.1 Å². The van der Waals surface area contributed by atoms with Crippen molar-refractivity contribution in [2.45, 2.75) is 6.92 Å². The number of hydrogen-bond acceptors (Lipinski definition) is 5. The molecule has 0 fully saturated rings. The Morgan fingerprint density at radius 2 is 2.00 bits per heavy atom. The first-order valence-electron chi connectivity index (χ1n) is 6.22. The molecule has 0 radical (unpaired) electrons. The molecule has 0 atom stereocenters. The van der Waals surface area contributed by atoms with Crippen LogP contribution in [0.2, 0.25) is 0 Å². The van der Waals surface area contributed by atoms with Crippen LogP contribution < -0.4 is 9.62 Å². The molecular formula is C13H14FN3O4S. The van der Waals surface area contributed by atoms with Crippen LogP contribution in [0, 0.1) is 12.7 Å². The fourth-order valence-electron chi connectivity index (χ4n) is 1.70. The number of rotatable bonds is 5. The van der Waals surface area contributed by atoms with Gasteiger partial charge in [0.25, 0.3) is 0 Å². The molecule has 0 saturated carbocycles. The largest absolute Gasteiger partial charge is 0.360 e. The van der Waals surface area contributed by atoms with Gasteiger partial charge in [-0.05, 0) is 31.2 Å². The lowest BCUT2D eigenvalue weighted by Gasteiger charge is -2.18. The summed E-state index contributed by atoms with van der Waals surface area (Å²) in [6.07, 6.45) is 0.961. The molecule has 1 heterocycles. The van der Waals surface area contributed by atoms with E-state index in [1.165, 1.54) is 30.3 Å². The Labute approximate surface area is 126 Å². The van der Waals surface area contributed by atoms with E-state index in [0.29, 0.717) is 11.4 Å². The van der Waals surface area contributed by atoms with Gasteiger partial charge in [0.15, 0.2) is 5.82 Å². The molecule has 0 bridgehead atoms. The topological polar surface area (TPSA) is 92.5 Å². The van der Waals surface area contributed by atoms with Crippen LogP contribution in [0.4, 0.5) is 15.9 Å². The Kier molecular flexibility index (Phi) is 4.45. The van der Waals surface area contributed by atoms with E-state index in [0.717, 1.165) is 10.6 Å². The second kappa shape index (κ2) is 6.14. The molecule has 2 rings (SSSR count). The minimum Gasteiger partial charge on any atom is -0.360 e. The SMILES string of the molecule is Cc1cc(N(CC(=O)Nc2ccc(F)cc2)S(C)(=O)=O)no1. The summed E-state index contributed by atoms with van der Waals surface area (Å²) in [5.41, 5.74) is 0.358. The summed E-state index contributed by atoms with van der Waals surface area (Å²) < 4.78 is 42.0. The van der Waals surface area contributed by atoms with E-state index >= 15 is 0 Å². The molecular weight excluding hydrogens is 313 g/mol. The molecule has 1 aromatic carbocycles. The van der Waals surface area contributed by atoms with Crippen molar-refractivity contribution in [2.75, 3.05) is 22.4 Å². The highest BCUT2D eigenvalue weighted by atomic mass is 32.2. The Morgan fingerprint density at radius 3 is 2.50 bits per heavy atom. The standard InChI is InChI=1S/C13H14FN3O4S/c1-9-7-12(16-21-9)17(22(2,19)20)8-13(18)15-11-5-3-10(14)4-6-11/h3-7H,8H2,1-2H3,(H,15,18). The van der Waals surface area contributed by atoms with E-state index in [2.05, 4.69) is 10.5 Å². The number of aryl methyl sites for hydroxylation is 1. The summed E-state index contributed by atoms with van der Waals surface area (Å²) in [5.74, 6) is -0.580. The third-order valence-corrected chi connectivity index (χ3v) is 3.80. The van der Waals surface area contributed by atoms with Gasteiger partial charge >= 0.3 is 0 Å². The molecule has 7 nitrogen and oxygen atoms in total. The Bertz CT molecular complexity index is 771. The van der Waals surface area contributed by atoms with Crippen molar-refractivity contribution in [2.24, 2.45) is 0 Å². The molecule has 1 aromatic heterocycles. The lowest BCUT2D eigenvalue weighted by atomic mass is 10.3. The van der Waals surface area contributed by atoms with Crippen molar-refractivity contribution in [1.29, 1.82) is 0 Å². The summed E-state index contributed by atoms with van der Waals surface area (Å²) in [4.78, 5) is 12.0. The molecule has 0 spiro atoms. The quantitative estimate of drug-likeness (QED) is 0.899. The molecule has 1 amide bonds. The van der Waals surface area contributed by atoms with Gasteiger partial charge in [-0.25, -0.2) is 17.1 Å². The summed E-state index contributed by atoms with van der Waals surface area (Å²) in [5, 5.41) is 6.07. The van der Waals surface area contributed by atoms with Crippen molar-refractivity contribution in [3.63, 3.8) is 0 Å². The van der Waals surface area contributed by atoms with Gasteiger partial charge in [-0.2, -0.15) is 0 Å². The summed E-state index contributed by atoms with van der Waals surface area (Å²) in [7, 11) is -3.71. The molecule has 0 aliphatic heterocycles. The highest BCUT2D eigenvalue weighted by Crippen LogP contribution is 2.17. The second-order valence-corrected chi connectivity index (χ2v) is 6.53. The molecule has 0 aliphatic carbocycles. The number of nitrogens with one attached hydrogen (secondary N) is 1. The minimum atomic E-state index is -3.71. The Morgan fingerprint density at radius 1 is 1.36 bits per heavy atom. The molecule has 0 aliphatic rings. The van der Waals surface area contributed by atoms with Gasteiger partial charge in [-0.3, -0.25) is 4.79 Å². The number of carbonyl (C=O) groups excluding carboxylic acids is 1. The fourth-order valence-corrected chi connectivity index (χ4v) is 2.48. The van der Waals surface area contributed by atoms with Crippen molar-refractivity contribution in [3.8, 4) is 0 Å². The summed E-state index contributed by atoms with van der Waals surface area (Å²) >= 11 is 0. The predicted octanol–water partition coefficient (Wildman–Crippen LogP) is 1.53. The van der Waals surface area contributed by atoms with Crippen LogP contribution in [0.3, 0.4) is 0 Å². The van der Waals surface area contributed by atoms with E-state index in [-0.39, 0.29) is 5.82 Å². The Balaban J connectivity index is 2.14. The maximum Gasteiger partial charge on any atom is 0.245 e. The van der Waals surface area contributed by atoms with Gasteiger partial charge in [-0.1, -0.05) is 5.16 Å². The van der Waals surface area contributed by atoms with Crippen LogP contribution >= 0.6 is 0 Å². The van der Waals surface area contributed by atoms with Crippen LogP contribution in [-0.2, 0) is 14.8 Å². The van der Waals surface area contributed by atoms with Crippen molar-refractivity contribution in [1.82, 2.24) is 5.16 Å². The van der Waals surface area contributed by atoms with Gasteiger partial charge in [0.2, 0.25) is 15.9 Å². The lowest BCUT2D eigenvalue weighted by molar-refractivity contribution is -0.114. The van der Waals surface area contributed by atoms with Crippen molar-refractivity contribution in [3.05, 3.63) is 41.9 Å². The molecule has 9 heteroatoms.